The fourth-order valence-electron chi connectivity index (χ4n) is 1.19. The van der Waals surface area contributed by atoms with Crippen molar-refractivity contribution in [3.8, 4) is 6.07 Å². The Hall–Kier alpha value is -2.29. The normalized spacial score (nSPS) is 11.4. The van der Waals surface area contributed by atoms with Crippen molar-refractivity contribution in [2.75, 3.05) is 17.7 Å². The van der Waals surface area contributed by atoms with E-state index >= 15 is 0 Å². The van der Waals surface area contributed by atoms with E-state index in [1.165, 1.54) is 12.3 Å². The number of nitrogens with zero attached hydrogens (tertiary/aromatic N) is 2. The highest BCUT2D eigenvalue weighted by atomic mass is 16.5. The van der Waals surface area contributed by atoms with Gasteiger partial charge in [0.15, 0.2) is 0 Å². The molecule has 0 amide bonds. The van der Waals surface area contributed by atoms with E-state index < -0.39 is 6.04 Å². The van der Waals surface area contributed by atoms with Gasteiger partial charge in [0.2, 0.25) is 0 Å². The van der Waals surface area contributed by atoms with Crippen LogP contribution in [0.5, 0.6) is 0 Å². The van der Waals surface area contributed by atoms with E-state index in [0.29, 0.717) is 23.7 Å². The van der Waals surface area contributed by atoms with Gasteiger partial charge in [-0.2, -0.15) is 5.26 Å². The van der Waals surface area contributed by atoms with E-state index in [0.717, 1.165) is 0 Å². The summed E-state index contributed by atoms with van der Waals surface area (Å²) in [5, 5.41) is 11.5. The molecule has 90 valence electrons. The number of nitrogens with two attached hydrogens (primary N) is 1. The highest BCUT2D eigenvalue weighted by Crippen LogP contribution is 2.16. The van der Waals surface area contributed by atoms with Crippen molar-refractivity contribution in [1.82, 2.24) is 4.98 Å². The molecule has 0 bridgehead atoms. The molecule has 0 saturated carbocycles. The van der Waals surface area contributed by atoms with Gasteiger partial charge in [-0.25, -0.2) is 9.78 Å². The van der Waals surface area contributed by atoms with Crippen molar-refractivity contribution in [2.45, 2.75) is 19.9 Å². The molecule has 1 heterocycles. The van der Waals surface area contributed by atoms with Crippen LogP contribution in [-0.4, -0.2) is 23.6 Å². The summed E-state index contributed by atoms with van der Waals surface area (Å²) in [6.45, 7) is 3.71. The maximum Gasteiger partial charge on any atom is 0.328 e. The van der Waals surface area contributed by atoms with Gasteiger partial charge in [-0.05, 0) is 19.9 Å². The summed E-state index contributed by atoms with van der Waals surface area (Å²) in [4.78, 5) is 15.3. The van der Waals surface area contributed by atoms with Crippen LogP contribution in [0.2, 0.25) is 0 Å². The number of ether oxygens (including phenoxy) is 1. The topological polar surface area (TPSA) is 101 Å². The number of rotatable bonds is 4. The predicted molar refractivity (Wildman–Crippen MR) is 63.1 cm³/mol. The Kier molecular flexibility index (Phi) is 4.29. The van der Waals surface area contributed by atoms with E-state index in [1.54, 1.807) is 13.8 Å². The van der Waals surface area contributed by atoms with Gasteiger partial charge < -0.3 is 15.8 Å². The molecule has 17 heavy (non-hydrogen) atoms. The molecule has 1 aromatic heterocycles. The van der Waals surface area contributed by atoms with Crippen molar-refractivity contribution in [1.29, 1.82) is 5.26 Å². The molecule has 0 aromatic carbocycles. The van der Waals surface area contributed by atoms with Crippen molar-refractivity contribution in [3.05, 3.63) is 17.8 Å². The van der Waals surface area contributed by atoms with Gasteiger partial charge in [0.05, 0.1) is 17.9 Å². The summed E-state index contributed by atoms with van der Waals surface area (Å²) in [6.07, 6.45) is 1.39. The molecule has 3 N–H and O–H groups in total. The monoisotopic (exact) mass is 234 g/mol. The molecule has 1 unspecified atom stereocenters. The number of nitrogens with one attached hydrogen (secondary N) is 1. The van der Waals surface area contributed by atoms with Crippen molar-refractivity contribution >= 4 is 17.5 Å². The first-order valence-electron chi connectivity index (χ1n) is 5.17. The van der Waals surface area contributed by atoms with Crippen LogP contribution in [0.25, 0.3) is 0 Å². The predicted octanol–water partition coefficient (Wildman–Crippen LogP) is 0.899. The lowest BCUT2D eigenvalue weighted by Gasteiger charge is -2.14. The zero-order valence-corrected chi connectivity index (χ0v) is 9.73. The Morgan fingerprint density at radius 1 is 1.76 bits per heavy atom. The quantitative estimate of drug-likeness (QED) is 0.750. The summed E-state index contributed by atoms with van der Waals surface area (Å²) >= 11 is 0. The summed E-state index contributed by atoms with van der Waals surface area (Å²) in [6, 6.07) is 2.88. The molecule has 1 rings (SSSR count). The number of esters is 1. The zero-order chi connectivity index (χ0) is 12.8. The third kappa shape index (κ3) is 3.34. The SMILES string of the molecule is CCOC(=O)C(C)Nc1ncc(C#N)cc1N. The molecular weight excluding hydrogens is 220 g/mol. The Labute approximate surface area is 99.4 Å². The smallest absolute Gasteiger partial charge is 0.328 e. The maximum absolute atomic E-state index is 11.4. The maximum atomic E-state index is 11.4. The lowest BCUT2D eigenvalue weighted by molar-refractivity contribution is -0.143. The second kappa shape index (κ2) is 5.70. The number of hydrogen-bond acceptors (Lipinski definition) is 6. The fourth-order valence-corrected chi connectivity index (χ4v) is 1.19. The third-order valence-electron chi connectivity index (χ3n) is 2.04. The van der Waals surface area contributed by atoms with E-state index in [9.17, 15) is 4.79 Å². The van der Waals surface area contributed by atoms with Crippen LogP contribution in [0.15, 0.2) is 12.3 Å². The Balaban J connectivity index is 2.75. The van der Waals surface area contributed by atoms with Crippen LogP contribution in [-0.2, 0) is 9.53 Å². The van der Waals surface area contributed by atoms with Crippen LogP contribution < -0.4 is 11.1 Å². The minimum Gasteiger partial charge on any atom is -0.464 e. The Morgan fingerprint density at radius 3 is 3.00 bits per heavy atom. The van der Waals surface area contributed by atoms with Gasteiger partial charge in [0, 0.05) is 6.20 Å². The van der Waals surface area contributed by atoms with Crippen molar-refractivity contribution < 1.29 is 9.53 Å². The van der Waals surface area contributed by atoms with Gasteiger partial charge >= 0.3 is 5.97 Å². The summed E-state index contributed by atoms with van der Waals surface area (Å²) in [7, 11) is 0. The average Bonchev–Trinajstić information content (AvgIpc) is 2.31. The van der Waals surface area contributed by atoms with Crippen LogP contribution >= 0.6 is 0 Å². The van der Waals surface area contributed by atoms with Gasteiger partial charge in [-0.3, -0.25) is 0 Å². The van der Waals surface area contributed by atoms with E-state index in [2.05, 4.69) is 10.3 Å². The molecule has 6 nitrogen and oxygen atoms in total. The summed E-state index contributed by atoms with van der Waals surface area (Å²) in [5.41, 5.74) is 6.38. The molecule has 1 atom stereocenters. The van der Waals surface area contributed by atoms with Gasteiger partial charge in [-0.15, -0.1) is 0 Å². The molecule has 0 aliphatic heterocycles. The van der Waals surface area contributed by atoms with Crippen LogP contribution in [0.3, 0.4) is 0 Å². The number of aromatic nitrogens is 1. The van der Waals surface area contributed by atoms with Gasteiger partial charge in [-0.1, -0.05) is 0 Å². The minimum absolute atomic E-state index is 0.320. The molecule has 0 fully saturated rings. The van der Waals surface area contributed by atoms with Crippen molar-refractivity contribution in [2.24, 2.45) is 0 Å². The number of nitrogen functional groups attached to an aromatic ring is 1. The Bertz CT molecular complexity index is 453. The number of pyridine rings is 1. The molecule has 1 aromatic rings. The first kappa shape index (κ1) is 12.8. The largest absolute Gasteiger partial charge is 0.464 e. The second-order valence-electron chi connectivity index (χ2n) is 3.39. The van der Waals surface area contributed by atoms with Crippen LogP contribution in [0.4, 0.5) is 11.5 Å². The fraction of sp³-hybridized carbons (Fsp3) is 0.364. The van der Waals surface area contributed by atoms with Gasteiger partial charge in [0.25, 0.3) is 0 Å². The van der Waals surface area contributed by atoms with E-state index in [4.69, 9.17) is 15.7 Å². The standard InChI is InChI=1S/C11H14N4O2/c1-3-17-11(16)7(2)15-10-9(13)4-8(5-12)6-14-10/h4,6-7H,3,13H2,1-2H3,(H,14,15). The number of carbonyl (C=O) groups is 1. The second-order valence-corrected chi connectivity index (χ2v) is 3.39. The summed E-state index contributed by atoms with van der Waals surface area (Å²) in [5.74, 6) is -0.0115. The third-order valence-corrected chi connectivity index (χ3v) is 2.04. The lowest BCUT2D eigenvalue weighted by Crippen LogP contribution is -2.29. The number of hydrogen-bond donors (Lipinski definition) is 2. The highest BCUT2D eigenvalue weighted by molar-refractivity contribution is 5.80. The molecule has 0 radical (unpaired) electrons. The molecule has 0 spiro atoms. The van der Waals surface area contributed by atoms with Crippen molar-refractivity contribution in [3.63, 3.8) is 0 Å². The molecule has 0 saturated heterocycles. The van der Waals surface area contributed by atoms with Crippen LogP contribution in [0, 0.1) is 11.3 Å². The minimum atomic E-state index is -0.544. The molecule has 6 heteroatoms. The molecule has 0 aliphatic carbocycles. The number of carbonyl (C=O) groups excluding carboxylic acids is 1. The first-order valence-corrected chi connectivity index (χ1v) is 5.17. The Morgan fingerprint density at radius 2 is 2.47 bits per heavy atom. The number of nitriles is 1. The van der Waals surface area contributed by atoms with Gasteiger partial charge in [0.1, 0.15) is 17.9 Å². The van der Waals surface area contributed by atoms with E-state index in [1.807, 2.05) is 6.07 Å². The average molecular weight is 234 g/mol. The molecule has 0 aliphatic rings. The lowest BCUT2D eigenvalue weighted by atomic mass is 10.2. The summed E-state index contributed by atoms with van der Waals surface area (Å²) < 4.78 is 4.84. The zero-order valence-electron chi connectivity index (χ0n) is 9.73. The van der Waals surface area contributed by atoms with E-state index in [-0.39, 0.29) is 5.97 Å². The van der Waals surface area contributed by atoms with Crippen LogP contribution in [0.1, 0.15) is 19.4 Å². The highest BCUT2D eigenvalue weighted by Gasteiger charge is 2.15. The first-order chi connectivity index (χ1) is 8.08. The number of anilines is 2. The molecular formula is C11H14N4O2.